The van der Waals surface area contributed by atoms with Crippen molar-refractivity contribution in [2.24, 2.45) is 15.9 Å². The first kappa shape index (κ1) is 17.9. The minimum Gasteiger partial charge on any atom is -0.326 e. The molecule has 0 atom stereocenters. The number of aliphatic imine (C=N–C) groups is 2. The van der Waals surface area contributed by atoms with Crippen LogP contribution in [0.5, 0.6) is 0 Å². The summed E-state index contributed by atoms with van der Waals surface area (Å²) in [5, 5.41) is 3.46. The van der Waals surface area contributed by atoms with E-state index in [1.54, 1.807) is 12.1 Å². The molecular formula is C19H20ClN3O. The van der Waals surface area contributed by atoms with Crippen molar-refractivity contribution in [2.75, 3.05) is 5.32 Å². The summed E-state index contributed by atoms with van der Waals surface area (Å²) < 4.78 is 0. The van der Waals surface area contributed by atoms with Crippen molar-refractivity contribution in [3.63, 3.8) is 0 Å². The molecule has 0 saturated heterocycles. The number of nitrogens with one attached hydrogen (secondary N) is 1. The number of anilines is 1. The molecule has 1 amide bonds. The zero-order chi connectivity index (χ0) is 17.7. The fourth-order valence-electron chi connectivity index (χ4n) is 2.04. The molecule has 2 rings (SSSR count). The van der Waals surface area contributed by atoms with Gasteiger partial charge in [-0.05, 0) is 49.5 Å². The Bertz CT molecular complexity index is 780. The molecule has 0 unspecified atom stereocenters. The highest BCUT2D eigenvalue weighted by Gasteiger charge is 2.07. The maximum Gasteiger partial charge on any atom is 0.226 e. The average Bonchev–Trinajstić information content (AvgIpc) is 2.56. The van der Waals surface area contributed by atoms with Crippen molar-refractivity contribution >= 4 is 47.0 Å². The van der Waals surface area contributed by atoms with E-state index in [9.17, 15) is 4.79 Å². The Kier molecular flexibility index (Phi) is 5.88. The van der Waals surface area contributed by atoms with Crippen LogP contribution in [0.15, 0.2) is 52.4 Å². The highest BCUT2D eigenvalue weighted by atomic mass is 35.5. The molecule has 5 heteroatoms. The van der Waals surface area contributed by atoms with E-state index < -0.39 is 0 Å². The van der Waals surface area contributed by atoms with E-state index in [0.717, 1.165) is 17.0 Å². The Balaban J connectivity index is 2.22. The van der Waals surface area contributed by atoms with Gasteiger partial charge >= 0.3 is 0 Å². The third kappa shape index (κ3) is 4.52. The van der Waals surface area contributed by atoms with Crippen LogP contribution in [-0.2, 0) is 4.79 Å². The predicted molar refractivity (Wildman–Crippen MR) is 102 cm³/mol. The van der Waals surface area contributed by atoms with Gasteiger partial charge in [0.05, 0.1) is 11.4 Å². The molecule has 2 aromatic rings. The number of amides is 1. The number of rotatable bonds is 5. The summed E-state index contributed by atoms with van der Waals surface area (Å²) in [5.74, 6) is -0.0568. The molecular weight excluding hydrogens is 322 g/mol. The molecule has 24 heavy (non-hydrogen) atoms. The van der Waals surface area contributed by atoms with E-state index in [1.807, 2.05) is 51.1 Å². The number of carbonyl (C=O) groups excluding carboxylic acids is 1. The first-order valence-electron chi connectivity index (χ1n) is 7.63. The summed E-state index contributed by atoms with van der Waals surface area (Å²) in [6, 6.07) is 12.9. The Morgan fingerprint density at radius 3 is 2.38 bits per heavy atom. The smallest absolute Gasteiger partial charge is 0.226 e. The second-order valence-electron chi connectivity index (χ2n) is 5.71. The lowest BCUT2D eigenvalue weighted by molar-refractivity contribution is -0.118. The first-order chi connectivity index (χ1) is 11.4. The van der Waals surface area contributed by atoms with Gasteiger partial charge in [-0.1, -0.05) is 37.6 Å². The third-order valence-corrected chi connectivity index (χ3v) is 3.73. The molecule has 0 radical (unpaired) electrons. The van der Waals surface area contributed by atoms with Gasteiger partial charge in [0.1, 0.15) is 0 Å². The van der Waals surface area contributed by atoms with E-state index in [0.29, 0.717) is 16.4 Å². The van der Waals surface area contributed by atoms with Crippen LogP contribution in [0.2, 0.25) is 5.02 Å². The molecule has 2 aromatic carbocycles. The summed E-state index contributed by atoms with van der Waals surface area (Å²) in [6.07, 6.45) is 0. The topological polar surface area (TPSA) is 53.8 Å². The average molecular weight is 342 g/mol. The number of carbonyl (C=O) groups is 1. The molecule has 0 spiro atoms. The maximum absolute atomic E-state index is 11.7. The Morgan fingerprint density at radius 1 is 1.12 bits per heavy atom. The second kappa shape index (κ2) is 7.88. The predicted octanol–water partition coefficient (Wildman–Crippen LogP) is 5.41. The normalized spacial score (nSPS) is 11.5. The molecule has 0 aliphatic carbocycles. The lowest BCUT2D eigenvalue weighted by atomic mass is 10.1. The van der Waals surface area contributed by atoms with Gasteiger partial charge in [0, 0.05) is 22.3 Å². The van der Waals surface area contributed by atoms with Crippen molar-refractivity contribution in [3.05, 3.63) is 53.1 Å². The van der Waals surface area contributed by atoms with Crippen LogP contribution in [0.25, 0.3) is 0 Å². The van der Waals surface area contributed by atoms with E-state index in [2.05, 4.69) is 22.0 Å². The lowest BCUT2D eigenvalue weighted by Crippen LogP contribution is -2.17. The summed E-state index contributed by atoms with van der Waals surface area (Å²) in [5.41, 5.74) is 3.92. The molecule has 0 saturated carbocycles. The number of hydrogen-bond acceptors (Lipinski definition) is 3. The first-order valence-corrected chi connectivity index (χ1v) is 8.01. The number of hydrogen-bond donors (Lipinski definition) is 1. The zero-order valence-corrected chi connectivity index (χ0v) is 14.8. The van der Waals surface area contributed by atoms with Gasteiger partial charge in [-0.3, -0.25) is 14.8 Å². The van der Waals surface area contributed by atoms with Crippen molar-refractivity contribution in [2.45, 2.75) is 20.8 Å². The van der Waals surface area contributed by atoms with Crippen molar-refractivity contribution in [1.82, 2.24) is 0 Å². The zero-order valence-electron chi connectivity index (χ0n) is 14.0. The van der Waals surface area contributed by atoms with Gasteiger partial charge in [-0.25, -0.2) is 0 Å². The van der Waals surface area contributed by atoms with Crippen LogP contribution >= 0.6 is 11.6 Å². The van der Waals surface area contributed by atoms with Gasteiger partial charge in [-0.2, -0.15) is 0 Å². The fraction of sp³-hybridized carbons (Fsp3) is 0.211. The second-order valence-corrected chi connectivity index (χ2v) is 6.15. The highest BCUT2D eigenvalue weighted by Crippen LogP contribution is 2.31. The van der Waals surface area contributed by atoms with E-state index in [1.165, 1.54) is 0 Å². The molecule has 124 valence electrons. The minimum atomic E-state index is -0.0531. The monoisotopic (exact) mass is 341 g/mol. The van der Waals surface area contributed by atoms with Crippen molar-refractivity contribution in [1.29, 1.82) is 0 Å². The van der Waals surface area contributed by atoms with Crippen molar-refractivity contribution in [3.8, 4) is 0 Å². The highest BCUT2D eigenvalue weighted by molar-refractivity contribution is 6.31. The number of benzene rings is 2. The third-order valence-electron chi connectivity index (χ3n) is 3.49. The summed E-state index contributed by atoms with van der Waals surface area (Å²) >= 11 is 5.96. The fourth-order valence-corrected chi connectivity index (χ4v) is 2.21. The van der Waals surface area contributed by atoms with Gasteiger partial charge in [0.2, 0.25) is 5.91 Å². The summed E-state index contributed by atoms with van der Waals surface area (Å²) in [7, 11) is 0. The Hall–Kier alpha value is -2.46. The molecule has 4 nitrogen and oxygen atoms in total. The van der Waals surface area contributed by atoms with Crippen LogP contribution < -0.4 is 5.32 Å². The number of halogens is 1. The Morgan fingerprint density at radius 2 is 1.79 bits per heavy atom. The standard InChI is InChI=1S/C19H20ClN3O/c1-12(2)19(24)23-16-8-5-14(6-9-16)13(3)22-17-10-7-15(20)11-18(17)21-4/h5-12H,4H2,1-3H3,(H,23,24)/b22-13+. The SMILES string of the molecule is C=Nc1cc(Cl)ccc1/N=C(\C)c1ccc(NC(=O)C(C)C)cc1. The Labute approximate surface area is 147 Å². The lowest BCUT2D eigenvalue weighted by Gasteiger charge is -2.09. The van der Waals surface area contributed by atoms with E-state index >= 15 is 0 Å². The van der Waals surface area contributed by atoms with Crippen LogP contribution in [-0.4, -0.2) is 18.3 Å². The van der Waals surface area contributed by atoms with E-state index in [-0.39, 0.29) is 11.8 Å². The van der Waals surface area contributed by atoms with Crippen molar-refractivity contribution < 1.29 is 4.79 Å². The quantitative estimate of drug-likeness (QED) is 0.726. The van der Waals surface area contributed by atoms with Crippen LogP contribution in [0.1, 0.15) is 26.3 Å². The van der Waals surface area contributed by atoms with E-state index in [4.69, 9.17) is 11.6 Å². The summed E-state index contributed by atoms with van der Waals surface area (Å²) in [4.78, 5) is 20.3. The molecule has 0 aliphatic rings. The minimum absolute atomic E-state index is 0.00370. The summed E-state index contributed by atoms with van der Waals surface area (Å²) in [6.45, 7) is 9.19. The molecule has 0 heterocycles. The van der Waals surface area contributed by atoms with Gasteiger partial charge in [-0.15, -0.1) is 0 Å². The largest absolute Gasteiger partial charge is 0.326 e. The number of nitrogens with zero attached hydrogens (tertiary/aromatic N) is 2. The van der Waals surface area contributed by atoms with Crippen LogP contribution in [0.3, 0.4) is 0 Å². The molecule has 0 aliphatic heterocycles. The van der Waals surface area contributed by atoms with Gasteiger partial charge in [0.15, 0.2) is 0 Å². The van der Waals surface area contributed by atoms with Crippen LogP contribution in [0, 0.1) is 5.92 Å². The molecule has 1 N–H and O–H groups in total. The van der Waals surface area contributed by atoms with Crippen LogP contribution in [0.4, 0.5) is 17.1 Å². The van der Waals surface area contributed by atoms with Gasteiger partial charge < -0.3 is 5.32 Å². The molecule has 0 bridgehead atoms. The molecule has 0 aromatic heterocycles. The molecule has 0 fully saturated rings. The maximum atomic E-state index is 11.7. The van der Waals surface area contributed by atoms with Gasteiger partial charge in [0.25, 0.3) is 0 Å².